The van der Waals surface area contributed by atoms with Crippen LogP contribution in [0.5, 0.6) is 0 Å². The molecule has 1 aromatic heterocycles. The fourth-order valence-electron chi connectivity index (χ4n) is 2.69. The number of rotatable bonds is 2. The molecule has 0 fully saturated rings. The highest BCUT2D eigenvalue weighted by Crippen LogP contribution is 2.31. The number of para-hydroxylation sites is 1. The minimum absolute atomic E-state index is 0. The summed E-state index contributed by atoms with van der Waals surface area (Å²) in [5.41, 5.74) is 3.59. The first kappa shape index (κ1) is 15.5. The molecule has 22 heavy (non-hydrogen) atoms. The van der Waals surface area contributed by atoms with E-state index in [0.29, 0.717) is 0 Å². The van der Waals surface area contributed by atoms with Crippen LogP contribution in [0.25, 0.3) is 16.9 Å². The largest absolute Gasteiger partial charge is 1.00 e. The SMILES string of the molecule is Clc1ccc(-c2c[n+]3c(n2-c2ccccc2)SCC3)cc1.[Cl-]. The van der Waals surface area contributed by atoms with Crippen LogP contribution in [0.3, 0.4) is 0 Å². The number of aromatic nitrogens is 2. The van der Waals surface area contributed by atoms with Crippen LogP contribution >= 0.6 is 23.4 Å². The van der Waals surface area contributed by atoms with Crippen molar-refractivity contribution in [3.63, 3.8) is 0 Å². The summed E-state index contributed by atoms with van der Waals surface area (Å²) in [6.07, 6.45) is 2.24. The van der Waals surface area contributed by atoms with Crippen molar-refractivity contribution in [2.75, 3.05) is 5.75 Å². The lowest BCUT2D eigenvalue weighted by atomic mass is 10.1. The van der Waals surface area contributed by atoms with Crippen molar-refractivity contribution in [3.8, 4) is 16.9 Å². The summed E-state index contributed by atoms with van der Waals surface area (Å²) >= 11 is 7.92. The van der Waals surface area contributed by atoms with E-state index in [0.717, 1.165) is 17.3 Å². The normalized spacial score (nSPS) is 12.8. The molecule has 0 N–H and O–H groups in total. The van der Waals surface area contributed by atoms with E-state index in [9.17, 15) is 0 Å². The van der Waals surface area contributed by atoms with Crippen molar-refractivity contribution in [3.05, 3.63) is 65.8 Å². The van der Waals surface area contributed by atoms with Crippen molar-refractivity contribution in [2.45, 2.75) is 11.7 Å². The van der Waals surface area contributed by atoms with Crippen LogP contribution in [0.2, 0.25) is 5.02 Å². The first-order valence-electron chi connectivity index (χ1n) is 6.92. The molecule has 0 radical (unpaired) electrons. The molecule has 2 heterocycles. The van der Waals surface area contributed by atoms with Crippen LogP contribution in [0, 0.1) is 0 Å². The second kappa shape index (κ2) is 6.37. The van der Waals surface area contributed by atoms with Crippen LogP contribution in [0.1, 0.15) is 0 Å². The van der Waals surface area contributed by atoms with E-state index in [1.54, 1.807) is 0 Å². The van der Waals surface area contributed by atoms with Gasteiger partial charge in [-0.25, -0.2) is 4.57 Å². The predicted octanol–water partition coefficient (Wildman–Crippen LogP) is 1.19. The van der Waals surface area contributed by atoms with Gasteiger partial charge in [-0.1, -0.05) is 29.8 Å². The summed E-state index contributed by atoms with van der Waals surface area (Å²) < 4.78 is 4.67. The van der Waals surface area contributed by atoms with E-state index in [2.05, 4.69) is 57.8 Å². The molecule has 0 unspecified atom stereocenters. The lowest BCUT2D eigenvalue weighted by Gasteiger charge is -2.03. The van der Waals surface area contributed by atoms with Crippen molar-refractivity contribution in [1.82, 2.24) is 4.57 Å². The minimum atomic E-state index is 0. The van der Waals surface area contributed by atoms with Gasteiger partial charge in [-0.2, -0.15) is 4.57 Å². The van der Waals surface area contributed by atoms with Crippen molar-refractivity contribution in [1.29, 1.82) is 0 Å². The number of aryl methyl sites for hydroxylation is 1. The maximum absolute atomic E-state index is 6.01. The van der Waals surface area contributed by atoms with Gasteiger partial charge in [-0.05, 0) is 48.2 Å². The number of hydrogen-bond donors (Lipinski definition) is 0. The van der Waals surface area contributed by atoms with E-state index in [-0.39, 0.29) is 12.4 Å². The number of benzene rings is 2. The zero-order valence-corrected chi connectivity index (χ0v) is 14.1. The maximum atomic E-state index is 6.01. The zero-order chi connectivity index (χ0) is 14.2. The summed E-state index contributed by atoms with van der Waals surface area (Å²) in [7, 11) is 0. The molecule has 0 amide bonds. The van der Waals surface area contributed by atoms with Gasteiger partial charge in [-0.3, -0.25) is 0 Å². The second-order valence-electron chi connectivity index (χ2n) is 5.02. The van der Waals surface area contributed by atoms with Crippen LogP contribution in [0.4, 0.5) is 0 Å². The molecule has 4 rings (SSSR count). The van der Waals surface area contributed by atoms with Gasteiger partial charge in [0.05, 0.1) is 0 Å². The summed E-state index contributed by atoms with van der Waals surface area (Å²) in [5, 5.41) is 2.07. The van der Waals surface area contributed by atoms with Gasteiger partial charge in [0.25, 0.3) is 0 Å². The number of thioether (sulfide) groups is 1. The Balaban J connectivity index is 0.00000144. The van der Waals surface area contributed by atoms with E-state index >= 15 is 0 Å². The van der Waals surface area contributed by atoms with Gasteiger partial charge >= 0.3 is 5.16 Å². The van der Waals surface area contributed by atoms with Gasteiger partial charge in [0.2, 0.25) is 0 Å². The molecule has 2 aromatic carbocycles. The topological polar surface area (TPSA) is 8.81 Å². The Morgan fingerprint density at radius 3 is 2.45 bits per heavy atom. The monoisotopic (exact) mass is 348 g/mol. The summed E-state index contributed by atoms with van der Waals surface area (Å²) in [6.45, 7) is 1.07. The Hall–Kier alpha value is -1.42. The lowest BCUT2D eigenvalue weighted by Crippen LogP contribution is -3.00. The third-order valence-electron chi connectivity index (χ3n) is 3.67. The zero-order valence-electron chi connectivity index (χ0n) is 11.7. The summed E-state index contributed by atoms with van der Waals surface area (Å²) in [4.78, 5) is 0. The molecule has 1 aliphatic heterocycles. The predicted molar refractivity (Wildman–Crippen MR) is 87.1 cm³/mol. The van der Waals surface area contributed by atoms with E-state index < -0.39 is 0 Å². The Kier molecular flexibility index (Phi) is 4.48. The van der Waals surface area contributed by atoms with Gasteiger partial charge in [-0.15, -0.1) is 0 Å². The molecule has 3 aromatic rings. The number of halogens is 2. The number of fused-ring (bicyclic) bond motifs is 1. The molecule has 1 aliphatic rings. The average molecular weight is 349 g/mol. The van der Waals surface area contributed by atoms with Crippen LogP contribution < -0.4 is 17.0 Å². The third kappa shape index (κ3) is 2.65. The first-order chi connectivity index (χ1) is 10.3. The quantitative estimate of drug-likeness (QED) is 0.632. The molecular weight excluding hydrogens is 335 g/mol. The van der Waals surface area contributed by atoms with E-state index in [4.69, 9.17) is 11.6 Å². The molecular formula is C17H14Cl2N2S. The van der Waals surface area contributed by atoms with Crippen molar-refractivity contribution in [2.24, 2.45) is 0 Å². The molecule has 0 saturated heterocycles. The Morgan fingerprint density at radius 1 is 1.00 bits per heavy atom. The molecule has 0 aliphatic carbocycles. The molecule has 2 nitrogen and oxygen atoms in total. The highest BCUT2D eigenvalue weighted by atomic mass is 35.5. The van der Waals surface area contributed by atoms with Crippen LogP contribution in [-0.4, -0.2) is 10.3 Å². The maximum Gasteiger partial charge on any atom is 0.323 e. The van der Waals surface area contributed by atoms with Gasteiger partial charge in [0, 0.05) is 16.3 Å². The molecule has 0 atom stereocenters. The minimum Gasteiger partial charge on any atom is -1.00 e. The van der Waals surface area contributed by atoms with Crippen LogP contribution in [0.15, 0.2) is 66.0 Å². The Morgan fingerprint density at radius 2 is 1.73 bits per heavy atom. The highest BCUT2D eigenvalue weighted by molar-refractivity contribution is 7.99. The molecule has 0 spiro atoms. The van der Waals surface area contributed by atoms with E-state index in [1.165, 1.54) is 22.1 Å². The first-order valence-corrected chi connectivity index (χ1v) is 8.28. The molecule has 0 bridgehead atoms. The van der Waals surface area contributed by atoms with Crippen LogP contribution in [-0.2, 0) is 6.54 Å². The van der Waals surface area contributed by atoms with Gasteiger partial charge < -0.3 is 12.4 Å². The van der Waals surface area contributed by atoms with Crippen molar-refractivity contribution < 1.29 is 17.0 Å². The number of nitrogens with zero attached hydrogens (tertiary/aromatic N) is 2. The Bertz CT molecular complexity index is 782. The fraction of sp³-hybridized carbons (Fsp3) is 0.118. The molecule has 0 saturated carbocycles. The summed E-state index contributed by atoms with van der Waals surface area (Å²) in [6, 6.07) is 18.6. The van der Waals surface area contributed by atoms with Gasteiger partial charge in [0.1, 0.15) is 18.4 Å². The van der Waals surface area contributed by atoms with E-state index in [1.807, 2.05) is 23.9 Å². The van der Waals surface area contributed by atoms with Crippen molar-refractivity contribution >= 4 is 23.4 Å². The fourth-order valence-corrected chi connectivity index (χ4v) is 3.93. The lowest BCUT2D eigenvalue weighted by molar-refractivity contribution is -0.723. The van der Waals surface area contributed by atoms with Gasteiger partial charge in [0.15, 0.2) is 5.69 Å². The highest BCUT2D eigenvalue weighted by Gasteiger charge is 2.30. The molecule has 5 heteroatoms. The standard InChI is InChI=1S/C17H14ClN2S.ClH/c18-14-8-6-13(7-9-14)16-12-19-10-11-21-17(19)20(16)15-4-2-1-3-5-15;/h1-9,12H,10-11H2;1H/q+1;/p-1. The number of imidazole rings is 1. The average Bonchev–Trinajstić information content (AvgIpc) is 3.09. The Labute approximate surface area is 145 Å². The third-order valence-corrected chi connectivity index (χ3v) is 4.99. The molecule has 112 valence electrons. The second-order valence-corrected chi connectivity index (χ2v) is 6.52. The number of hydrogen-bond acceptors (Lipinski definition) is 1. The smallest absolute Gasteiger partial charge is 0.323 e. The summed E-state index contributed by atoms with van der Waals surface area (Å²) in [5.74, 6) is 1.14.